The quantitative estimate of drug-likeness (QED) is 0.864. The molecule has 110 valence electrons. The number of likely N-dealkylation sites (tertiary alicyclic amines) is 1. The Morgan fingerprint density at radius 1 is 1.55 bits per heavy atom. The lowest BCUT2D eigenvalue weighted by molar-refractivity contribution is -0.116. The molecule has 2 unspecified atom stereocenters. The Labute approximate surface area is 119 Å². The van der Waals surface area contributed by atoms with Crippen molar-refractivity contribution < 1.29 is 9.18 Å². The Morgan fingerprint density at radius 3 is 2.95 bits per heavy atom. The van der Waals surface area contributed by atoms with Crippen LogP contribution in [0.2, 0.25) is 0 Å². The maximum absolute atomic E-state index is 13.4. The summed E-state index contributed by atoms with van der Waals surface area (Å²) in [6.45, 7) is 4.66. The van der Waals surface area contributed by atoms with E-state index in [1.807, 2.05) is 6.92 Å². The van der Waals surface area contributed by atoms with Crippen LogP contribution < -0.4 is 11.1 Å². The Morgan fingerprint density at radius 2 is 2.30 bits per heavy atom. The van der Waals surface area contributed by atoms with Gasteiger partial charge in [0.1, 0.15) is 5.82 Å². The summed E-state index contributed by atoms with van der Waals surface area (Å²) in [5, 5.41) is 2.60. The van der Waals surface area contributed by atoms with E-state index < -0.39 is 5.82 Å². The molecule has 1 aliphatic rings. The molecule has 1 amide bonds. The first-order chi connectivity index (χ1) is 9.56. The molecule has 5 heteroatoms. The first-order valence-corrected chi connectivity index (χ1v) is 7.08. The number of benzene rings is 1. The average molecular weight is 279 g/mol. The van der Waals surface area contributed by atoms with Gasteiger partial charge in [-0.3, -0.25) is 4.79 Å². The van der Waals surface area contributed by atoms with E-state index in [1.165, 1.54) is 6.07 Å². The van der Waals surface area contributed by atoms with Gasteiger partial charge in [-0.1, -0.05) is 12.1 Å². The smallest absolute Gasteiger partial charge is 0.225 e. The van der Waals surface area contributed by atoms with Gasteiger partial charge in [0, 0.05) is 25.6 Å². The molecule has 3 N–H and O–H groups in total. The van der Waals surface area contributed by atoms with Crippen LogP contribution in [0.15, 0.2) is 24.3 Å². The second-order valence-corrected chi connectivity index (χ2v) is 5.49. The second-order valence-electron chi connectivity index (χ2n) is 5.49. The summed E-state index contributed by atoms with van der Waals surface area (Å²) in [7, 11) is 0. The molecule has 0 bridgehead atoms. The van der Waals surface area contributed by atoms with Crippen molar-refractivity contribution in [3.63, 3.8) is 0 Å². The lowest BCUT2D eigenvalue weighted by Gasteiger charge is -2.17. The van der Waals surface area contributed by atoms with E-state index in [9.17, 15) is 9.18 Å². The summed E-state index contributed by atoms with van der Waals surface area (Å²) < 4.78 is 13.4. The van der Waals surface area contributed by atoms with Gasteiger partial charge < -0.3 is 16.0 Å². The van der Waals surface area contributed by atoms with Crippen LogP contribution >= 0.6 is 0 Å². The number of carbonyl (C=O) groups is 1. The fourth-order valence-electron chi connectivity index (χ4n) is 2.53. The topological polar surface area (TPSA) is 58.4 Å². The fourth-order valence-corrected chi connectivity index (χ4v) is 2.53. The maximum Gasteiger partial charge on any atom is 0.225 e. The normalized spacial score (nSPS) is 20.9. The number of rotatable bonds is 5. The van der Waals surface area contributed by atoms with Gasteiger partial charge in [-0.25, -0.2) is 4.39 Å². The molecule has 2 rings (SSSR count). The molecule has 0 saturated carbocycles. The van der Waals surface area contributed by atoms with Crippen molar-refractivity contribution in [3.05, 3.63) is 30.1 Å². The van der Waals surface area contributed by atoms with Crippen molar-refractivity contribution >= 4 is 11.6 Å². The molecule has 1 aliphatic heterocycles. The van der Waals surface area contributed by atoms with Crippen molar-refractivity contribution in [1.29, 1.82) is 0 Å². The van der Waals surface area contributed by atoms with Crippen LogP contribution in [0.4, 0.5) is 10.1 Å². The van der Waals surface area contributed by atoms with Crippen LogP contribution in [0.25, 0.3) is 0 Å². The average Bonchev–Trinajstić information content (AvgIpc) is 2.88. The van der Waals surface area contributed by atoms with Gasteiger partial charge in [0.25, 0.3) is 0 Å². The summed E-state index contributed by atoms with van der Waals surface area (Å²) in [5.41, 5.74) is 6.13. The van der Waals surface area contributed by atoms with Crippen LogP contribution in [-0.4, -0.2) is 36.5 Å². The molecule has 0 radical (unpaired) electrons. The first kappa shape index (κ1) is 14.9. The van der Waals surface area contributed by atoms with Crippen molar-refractivity contribution in [2.75, 3.05) is 25.0 Å². The van der Waals surface area contributed by atoms with E-state index in [4.69, 9.17) is 5.73 Å². The highest BCUT2D eigenvalue weighted by atomic mass is 19.1. The zero-order chi connectivity index (χ0) is 14.5. The third-order valence-corrected chi connectivity index (χ3v) is 3.86. The standard InChI is InChI=1S/C15H22FN3O/c1-11(17)12-6-8-19(10-12)9-7-15(20)18-14-5-3-2-4-13(14)16/h2-5,11-12H,6-10,17H2,1H3,(H,18,20). The number of amides is 1. The van der Waals surface area contributed by atoms with Gasteiger partial charge in [-0.15, -0.1) is 0 Å². The molecular weight excluding hydrogens is 257 g/mol. The van der Waals surface area contributed by atoms with Crippen LogP contribution in [0, 0.1) is 11.7 Å². The molecule has 0 spiro atoms. The molecule has 1 fully saturated rings. The second kappa shape index (κ2) is 6.81. The minimum absolute atomic E-state index is 0.153. The van der Waals surface area contributed by atoms with Gasteiger partial charge in [-0.2, -0.15) is 0 Å². The van der Waals surface area contributed by atoms with Gasteiger partial charge in [-0.05, 0) is 37.9 Å². The summed E-state index contributed by atoms with van der Waals surface area (Å²) in [6.07, 6.45) is 1.46. The van der Waals surface area contributed by atoms with E-state index in [2.05, 4.69) is 10.2 Å². The van der Waals surface area contributed by atoms with Crippen LogP contribution in [-0.2, 0) is 4.79 Å². The highest BCUT2D eigenvalue weighted by Gasteiger charge is 2.25. The number of nitrogens with two attached hydrogens (primary N) is 1. The van der Waals surface area contributed by atoms with Gasteiger partial charge in [0.05, 0.1) is 5.69 Å². The van der Waals surface area contributed by atoms with Gasteiger partial charge >= 0.3 is 0 Å². The Bertz CT molecular complexity index is 464. The minimum atomic E-state index is -0.404. The third kappa shape index (κ3) is 4.02. The van der Waals surface area contributed by atoms with E-state index in [0.29, 0.717) is 18.9 Å². The number of hydrogen-bond acceptors (Lipinski definition) is 3. The molecule has 1 aromatic carbocycles. The number of nitrogens with one attached hydrogen (secondary N) is 1. The Kier molecular flexibility index (Phi) is 5.09. The molecular formula is C15H22FN3O. The SMILES string of the molecule is CC(N)C1CCN(CCC(=O)Nc2ccccc2F)C1. The third-order valence-electron chi connectivity index (χ3n) is 3.86. The van der Waals surface area contributed by atoms with Crippen LogP contribution in [0.1, 0.15) is 19.8 Å². The van der Waals surface area contributed by atoms with Crippen molar-refractivity contribution in [3.8, 4) is 0 Å². The molecule has 1 heterocycles. The summed E-state index contributed by atoms with van der Waals surface area (Å²) >= 11 is 0. The highest BCUT2D eigenvalue weighted by Crippen LogP contribution is 2.19. The van der Waals surface area contributed by atoms with Crippen LogP contribution in [0.3, 0.4) is 0 Å². The summed E-state index contributed by atoms with van der Waals surface area (Å²) in [4.78, 5) is 14.1. The van der Waals surface area contributed by atoms with E-state index in [1.54, 1.807) is 18.2 Å². The van der Waals surface area contributed by atoms with Gasteiger partial charge in [0.15, 0.2) is 0 Å². The van der Waals surface area contributed by atoms with Crippen LogP contribution in [0.5, 0.6) is 0 Å². The van der Waals surface area contributed by atoms with Crippen molar-refractivity contribution in [2.45, 2.75) is 25.8 Å². The number of halogens is 1. The Hall–Kier alpha value is -1.46. The predicted molar refractivity (Wildman–Crippen MR) is 77.8 cm³/mol. The molecule has 0 aliphatic carbocycles. The summed E-state index contributed by atoms with van der Waals surface area (Å²) in [5.74, 6) is -0.0389. The van der Waals surface area contributed by atoms with Crippen molar-refractivity contribution in [1.82, 2.24) is 4.90 Å². The first-order valence-electron chi connectivity index (χ1n) is 7.08. The lowest BCUT2D eigenvalue weighted by Crippen LogP contribution is -2.31. The lowest BCUT2D eigenvalue weighted by atomic mass is 10.0. The fraction of sp³-hybridized carbons (Fsp3) is 0.533. The minimum Gasteiger partial charge on any atom is -0.328 e. The molecule has 1 saturated heterocycles. The van der Waals surface area contributed by atoms with E-state index >= 15 is 0 Å². The predicted octanol–water partition coefficient (Wildman–Crippen LogP) is 1.82. The number of para-hydroxylation sites is 1. The highest BCUT2D eigenvalue weighted by molar-refractivity contribution is 5.90. The van der Waals surface area contributed by atoms with Crippen molar-refractivity contribution in [2.24, 2.45) is 11.7 Å². The number of anilines is 1. The number of carbonyl (C=O) groups excluding carboxylic acids is 1. The number of hydrogen-bond donors (Lipinski definition) is 2. The summed E-state index contributed by atoms with van der Waals surface area (Å²) in [6, 6.07) is 6.40. The Balaban J connectivity index is 1.75. The molecule has 0 aromatic heterocycles. The monoisotopic (exact) mass is 279 g/mol. The van der Waals surface area contributed by atoms with Gasteiger partial charge in [0.2, 0.25) is 5.91 Å². The number of nitrogens with zero attached hydrogens (tertiary/aromatic N) is 1. The zero-order valence-electron chi connectivity index (χ0n) is 11.8. The zero-order valence-corrected chi connectivity index (χ0v) is 11.8. The van der Waals surface area contributed by atoms with E-state index in [-0.39, 0.29) is 17.6 Å². The maximum atomic E-state index is 13.4. The molecule has 1 aromatic rings. The molecule has 20 heavy (non-hydrogen) atoms. The van der Waals surface area contributed by atoms with E-state index in [0.717, 1.165) is 19.5 Å². The molecule has 2 atom stereocenters. The molecule has 4 nitrogen and oxygen atoms in total. The largest absolute Gasteiger partial charge is 0.328 e.